The highest BCUT2D eigenvalue weighted by Gasteiger charge is 2.23. The van der Waals surface area contributed by atoms with E-state index in [-0.39, 0.29) is 30.1 Å². The quantitative estimate of drug-likeness (QED) is 0.377. The summed E-state index contributed by atoms with van der Waals surface area (Å²) in [6.45, 7) is 7.91. The van der Waals surface area contributed by atoms with Crippen molar-refractivity contribution in [2.24, 2.45) is 4.99 Å². The molecule has 1 aromatic rings. The molecule has 0 aromatic carbocycles. The van der Waals surface area contributed by atoms with E-state index in [1.165, 1.54) is 24.8 Å². The van der Waals surface area contributed by atoms with Gasteiger partial charge in [-0.3, -0.25) is 4.99 Å². The first kappa shape index (κ1) is 23.5. The molecule has 0 bridgehead atoms. The van der Waals surface area contributed by atoms with Gasteiger partial charge in [0.25, 0.3) is 0 Å². The van der Waals surface area contributed by atoms with Crippen LogP contribution in [0.25, 0.3) is 0 Å². The van der Waals surface area contributed by atoms with Crippen molar-refractivity contribution in [1.29, 1.82) is 0 Å². The highest BCUT2D eigenvalue weighted by molar-refractivity contribution is 14.0. The van der Waals surface area contributed by atoms with E-state index < -0.39 is 0 Å². The summed E-state index contributed by atoms with van der Waals surface area (Å²) < 4.78 is 5.08. The van der Waals surface area contributed by atoms with Crippen molar-refractivity contribution in [2.75, 3.05) is 57.8 Å². The van der Waals surface area contributed by atoms with Crippen LogP contribution in [0.4, 0.5) is 10.6 Å². The average Bonchev–Trinajstić information content (AvgIpc) is 2.75. The molecule has 2 fully saturated rings. The van der Waals surface area contributed by atoms with Crippen molar-refractivity contribution in [3.63, 3.8) is 0 Å². The predicted molar refractivity (Wildman–Crippen MR) is 126 cm³/mol. The van der Waals surface area contributed by atoms with Gasteiger partial charge in [-0.05, 0) is 43.9 Å². The van der Waals surface area contributed by atoms with Crippen molar-refractivity contribution < 1.29 is 9.53 Å². The van der Waals surface area contributed by atoms with Gasteiger partial charge in [0.15, 0.2) is 5.96 Å². The minimum Gasteiger partial charge on any atom is -0.450 e. The standard InChI is InChI=1S/C20H32N6O2.HI/c1-3-28-20(27)26-13-11-25(12-14-26)19(21-2)23-16-17-7-8-22-18(15-17)24-9-5-4-6-10-24;/h7-8,15H,3-6,9-14,16H2,1-2H3,(H,21,23);1H. The van der Waals surface area contributed by atoms with Crippen LogP contribution in [-0.2, 0) is 11.3 Å². The number of hydrogen-bond acceptors (Lipinski definition) is 5. The minimum absolute atomic E-state index is 0. The lowest BCUT2D eigenvalue weighted by atomic mass is 10.1. The number of pyridine rings is 1. The van der Waals surface area contributed by atoms with E-state index in [0.717, 1.165) is 38.0 Å². The van der Waals surface area contributed by atoms with E-state index in [9.17, 15) is 4.79 Å². The number of nitrogens with one attached hydrogen (secondary N) is 1. The zero-order valence-corrected chi connectivity index (χ0v) is 19.8. The summed E-state index contributed by atoms with van der Waals surface area (Å²) in [5.74, 6) is 1.93. The second-order valence-electron chi connectivity index (χ2n) is 7.14. The SMILES string of the molecule is CCOC(=O)N1CCN(C(=NC)NCc2ccnc(N3CCCCC3)c2)CC1.I. The number of rotatable bonds is 4. The van der Waals surface area contributed by atoms with Crippen molar-refractivity contribution in [3.8, 4) is 0 Å². The summed E-state index contributed by atoms with van der Waals surface area (Å²) in [6, 6.07) is 4.22. The molecule has 0 spiro atoms. The summed E-state index contributed by atoms with van der Waals surface area (Å²) in [5.41, 5.74) is 1.20. The van der Waals surface area contributed by atoms with Gasteiger partial charge < -0.3 is 24.8 Å². The van der Waals surface area contributed by atoms with E-state index in [0.29, 0.717) is 26.2 Å². The number of nitrogens with zero attached hydrogens (tertiary/aromatic N) is 5. The fourth-order valence-electron chi connectivity index (χ4n) is 3.70. The third-order valence-corrected chi connectivity index (χ3v) is 5.26. The number of aromatic nitrogens is 1. The van der Waals surface area contributed by atoms with Crippen LogP contribution in [0.3, 0.4) is 0 Å². The normalized spacial score (nSPS) is 17.6. The smallest absolute Gasteiger partial charge is 0.409 e. The van der Waals surface area contributed by atoms with Gasteiger partial charge in [-0.25, -0.2) is 9.78 Å². The Morgan fingerprint density at radius 2 is 1.83 bits per heavy atom. The maximum atomic E-state index is 11.8. The Balaban J connectivity index is 0.00000300. The van der Waals surface area contributed by atoms with E-state index in [4.69, 9.17) is 4.74 Å². The van der Waals surface area contributed by atoms with Crippen LogP contribution in [0.2, 0.25) is 0 Å². The summed E-state index contributed by atoms with van der Waals surface area (Å²) in [4.78, 5) is 27.1. The number of guanidine groups is 1. The lowest BCUT2D eigenvalue weighted by molar-refractivity contribution is 0.0914. The molecule has 2 saturated heterocycles. The molecular formula is C20H33IN6O2. The second-order valence-corrected chi connectivity index (χ2v) is 7.14. The van der Waals surface area contributed by atoms with Crippen molar-refractivity contribution >= 4 is 41.8 Å². The summed E-state index contributed by atoms with van der Waals surface area (Å²) in [6.07, 6.45) is 5.47. The number of halogens is 1. The molecule has 0 saturated carbocycles. The maximum Gasteiger partial charge on any atom is 0.409 e. The number of aliphatic imine (C=N–C) groups is 1. The molecule has 9 heteroatoms. The molecule has 3 rings (SSSR count). The highest BCUT2D eigenvalue weighted by atomic mass is 127. The number of piperidine rings is 1. The van der Waals surface area contributed by atoms with Gasteiger partial charge in [-0.1, -0.05) is 0 Å². The van der Waals surface area contributed by atoms with Crippen molar-refractivity contribution in [2.45, 2.75) is 32.7 Å². The average molecular weight is 516 g/mol. The van der Waals surface area contributed by atoms with Gasteiger partial charge in [0.1, 0.15) is 5.82 Å². The first-order chi connectivity index (χ1) is 13.7. The zero-order chi connectivity index (χ0) is 19.8. The Morgan fingerprint density at radius 3 is 2.48 bits per heavy atom. The summed E-state index contributed by atoms with van der Waals surface area (Å²) in [7, 11) is 1.80. The third kappa shape index (κ3) is 6.61. The number of piperazine rings is 1. The number of carbonyl (C=O) groups is 1. The number of carbonyl (C=O) groups excluding carboxylic acids is 1. The maximum absolute atomic E-state index is 11.8. The second kappa shape index (κ2) is 12.0. The Bertz CT molecular complexity index is 673. The molecule has 3 heterocycles. The Morgan fingerprint density at radius 1 is 1.14 bits per heavy atom. The Kier molecular flexibility index (Phi) is 9.75. The van der Waals surface area contributed by atoms with Crippen LogP contribution >= 0.6 is 24.0 Å². The molecule has 0 atom stereocenters. The summed E-state index contributed by atoms with van der Waals surface area (Å²) >= 11 is 0. The van der Waals surface area contributed by atoms with E-state index >= 15 is 0 Å². The van der Waals surface area contributed by atoms with Gasteiger partial charge in [0.05, 0.1) is 6.61 Å². The molecule has 1 aromatic heterocycles. The van der Waals surface area contributed by atoms with Gasteiger partial charge in [0, 0.05) is 59.1 Å². The largest absolute Gasteiger partial charge is 0.450 e. The molecule has 1 N–H and O–H groups in total. The van der Waals surface area contributed by atoms with Crippen LogP contribution in [0.5, 0.6) is 0 Å². The zero-order valence-electron chi connectivity index (χ0n) is 17.5. The van der Waals surface area contributed by atoms with Crippen LogP contribution < -0.4 is 10.2 Å². The van der Waals surface area contributed by atoms with Crippen molar-refractivity contribution in [1.82, 2.24) is 20.1 Å². The first-order valence-electron chi connectivity index (χ1n) is 10.3. The molecule has 0 radical (unpaired) electrons. The fraction of sp³-hybridized carbons (Fsp3) is 0.650. The predicted octanol–water partition coefficient (Wildman–Crippen LogP) is 2.54. The van der Waals surface area contributed by atoms with Crippen LogP contribution in [0.1, 0.15) is 31.7 Å². The molecule has 1 amide bonds. The molecule has 0 unspecified atom stereocenters. The fourth-order valence-corrected chi connectivity index (χ4v) is 3.70. The monoisotopic (exact) mass is 516 g/mol. The van der Waals surface area contributed by atoms with E-state index in [2.05, 4.69) is 31.2 Å². The highest BCUT2D eigenvalue weighted by Crippen LogP contribution is 2.18. The van der Waals surface area contributed by atoms with E-state index in [1.54, 1.807) is 11.9 Å². The molecule has 0 aliphatic carbocycles. The number of ether oxygens (including phenoxy) is 1. The van der Waals surface area contributed by atoms with Gasteiger partial charge in [0.2, 0.25) is 0 Å². The number of anilines is 1. The minimum atomic E-state index is -0.230. The number of hydrogen-bond donors (Lipinski definition) is 1. The molecular weight excluding hydrogens is 483 g/mol. The lowest BCUT2D eigenvalue weighted by Gasteiger charge is -2.35. The Hall–Kier alpha value is -1.78. The van der Waals surface area contributed by atoms with Gasteiger partial charge in [-0.2, -0.15) is 0 Å². The van der Waals surface area contributed by atoms with Crippen LogP contribution in [-0.4, -0.2) is 79.8 Å². The Labute approximate surface area is 190 Å². The van der Waals surface area contributed by atoms with Crippen molar-refractivity contribution in [3.05, 3.63) is 23.9 Å². The lowest BCUT2D eigenvalue weighted by Crippen LogP contribution is -2.53. The third-order valence-electron chi connectivity index (χ3n) is 5.26. The van der Waals surface area contributed by atoms with Gasteiger partial charge >= 0.3 is 6.09 Å². The molecule has 2 aliphatic heterocycles. The van der Waals surface area contributed by atoms with E-state index in [1.807, 2.05) is 19.2 Å². The van der Waals surface area contributed by atoms with Gasteiger partial charge in [-0.15, -0.1) is 24.0 Å². The van der Waals surface area contributed by atoms with Crippen LogP contribution in [0.15, 0.2) is 23.3 Å². The molecule has 2 aliphatic rings. The number of amides is 1. The molecule has 29 heavy (non-hydrogen) atoms. The van der Waals surface area contributed by atoms with Crippen LogP contribution in [0, 0.1) is 0 Å². The molecule has 8 nitrogen and oxygen atoms in total. The topological polar surface area (TPSA) is 73.3 Å². The first-order valence-corrected chi connectivity index (χ1v) is 10.3. The summed E-state index contributed by atoms with van der Waals surface area (Å²) in [5, 5.41) is 3.45. The molecule has 162 valence electrons.